The lowest BCUT2D eigenvalue weighted by Crippen LogP contribution is -2.17. The Bertz CT molecular complexity index is 1240. The molecule has 9 heteroatoms. The van der Waals surface area contributed by atoms with Crippen LogP contribution in [0.4, 0.5) is 28.8 Å². The van der Waals surface area contributed by atoms with E-state index in [1.165, 1.54) is 0 Å². The Morgan fingerprint density at radius 1 is 0.882 bits per heavy atom. The third kappa shape index (κ3) is 5.81. The lowest BCUT2D eigenvalue weighted by molar-refractivity contribution is -0.115. The summed E-state index contributed by atoms with van der Waals surface area (Å²) in [5.41, 5.74) is 2.76. The zero-order chi connectivity index (χ0) is 23.9. The summed E-state index contributed by atoms with van der Waals surface area (Å²) in [5, 5.41) is 11.4. The summed E-state index contributed by atoms with van der Waals surface area (Å²) in [5.74, 6) is 2.25. The number of aromatic nitrogens is 2. The van der Waals surface area contributed by atoms with Crippen molar-refractivity contribution < 1.29 is 14.3 Å². The summed E-state index contributed by atoms with van der Waals surface area (Å²) >= 11 is 1.54. The molecule has 2 aromatic carbocycles. The van der Waals surface area contributed by atoms with Crippen LogP contribution in [0.5, 0.6) is 11.5 Å². The van der Waals surface area contributed by atoms with Crippen molar-refractivity contribution in [3.05, 3.63) is 76.6 Å². The molecule has 0 aliphatic heterocycles. The van der Waals surface area contributed by atoms with Gasteiger partial charge in [-0.3, -0.25) is 4.79 Å². The molecule has 0 unspecified atom stereocenters. The first kappa shape index (κ1) is 23.1. The lowest BCUT2D eigenvalue weighted by Gasteiger charge is -2.16. The molecule has 3 N–H and O–H groups in total. The van der Waals surface area contributed by atoms with E-state index in [1.54, 1.807) is 25.6 Å². The smallest absolute Gasteiger partial charge is 0.229 e. The minimum Gasteiger partial charge on any atom is -0.497 e. The van der Waals surface area contributed by atoms with Crippen molar-refractivity contribution in [2.75, 3.05) is 30.2 Å². The van der Waals surface area contributed by atoms with Gasteiger partial charge in [0.2, 0.25) is 11.9 Å². The summed E-state index contributed by atoms with van der Waals surface area (Å²) in [6.45, 7) is 1.83. The highest BCUT2D eigenvalue weighted by Crippen LogP contribution is 2.30. The Morgan fingerprint density at radius 3 is 2.06 bits per heavy atom. The first-order chi connectivity index (χ1) is 16.5. The van der Waals surface area contributed by atoms with E-state index in [9.17, 15) is 4.79 Å². The van der Waals surface area contributed by atoms with E-state index >= 15 is 0 Å². The molecule has 4 aromatic rings. The van der Waals surface area contributed by atoms with Gasteiger partial charge in [-0.1, -0.05) is 6.07 Å². The second-order valence-corrected chi connectivity index (χ2v) is 8.40. The van der Waals surface area contributed by atoms with Crippen LogP contribution in [0, 0.1) is 6.92 Å². The van der Waals surface area contributed by atoms with Gasteiger partial charge in [-0.05, 0) is 66.9 Å². The number of nitrogens with zero attached hydrogens (tertiary/aromatic N) is 2. The van der Waals surface area contributed by atoms with Gasteiger partial charge in [0, 0.05) is 16.3 Å². The Balaban J connectivity index is 1.62. The molecular weight excluding hydrogens is 450 g/mol. The van der Waals surface area contributed by atoms with Gasteiger partial charge in [0.25, 0.3) is 0 Å². The van der Waals surface area contributed by atoms with Gasteiger partial charge < -0.3 is 25.4 Å². The van der Waals surface area contributed by atoms with Crippen LogP contribution in [0.15, 0.2) is 66.0 Å². The van der Waals surface area contributed by atoms with Gasteiger partial charge in [-0.15, -0.1) is 11.3 Å². The predicted octanol–water partition coefficient (Wildman–Crippen LogP) is 5.53. The molecule has 0 saturated heterocycles. The SMILES string of the molecule is COc1ccc(Nc2nc(C)c(NC(=O)Cc3cccs3)c(Nc3ccc(OC)cc3)n2)cc1. The van der Waals surface area contributed by atoms with E-state index in [0.717, 1.165) is 27.8 Å². The first-order valence-electron chi connectivity index (χ1n) is 10.6. The highest BCUT2D eigenvalue weighted by Gasteiger charge is 2.16. The van der Waals surface area contributed by atoms with Crippen LogP contribution in [0.3, 0.4) is 0 Å². The van der Waals surface area contributed by atoms with Crippen molar-refractivity contribution in [3.63, 3.8) is 0 Å². The molecule has 0 saturated carbocycles. The van der Waals surface area contributed by atoms with Gasteiger partial charge in [-0.2, -0.15) is 4.98 Å². The largest absolute Gasteiger partial charge is 0.497 e. The fourth-order valence-corrected chi connectivity index (χ4v) is 3.94. The van der Waals surface area contributed by atoms with Crippen molar-refractivity contribution in [1.82, 2.24) is 9.97 Å². The fourth-order valence-electron chi connectivity index (χ4n) is 3.24. The van der Waals surface area contributed by atoms with Gasteiger partial charge >= 0.3 is 0 Å². The number of amides is 1. The number of aryl methyl sites for hydroxylation is 1. The lowest BCUT2D eigenvalue weighted by atomic mass is 10.2. The molecule has 0 aliphatic carbocycles. The molecule has 34 heavy (non-hydrogen) atoms. The summed E-state index contributed by atoms with van der Waals surface area (Å²) in [6, 6.07) is 18.8. The van der Waals surface area contributed by atoms with Crippen molar-refractivity contribution in [1.29, 1.82) is 0 Å². The number of methoxy groups -OCH3 is 2. The Morgan fingerprint density at radius 2 is 1.50 bits per heavy atom. The van der Waals surface area contributed by atoms with E-state index in [2.05, 4.69) is 25.9 Å². The fraction of sp³-hybridized carbons (Fsp3) is 0.160. The van der Waals surface area contributed by atoms with Gasteiger partial charge in [-0.25, -0.2) is 4.98 Å². The summed E-state index contributed by atoms with van der Waals surface area (Å²) in [7, 11) is 3.24. The Labute approximate surface area is 202 Å². The van der Waals surface area contributed by atoms with Crippen LogP contribution in [0.1, 0.15) is 10.6 Å². The van der Waals surface area contributed by atoms with Crippen molar-refractivity contribution in [3.8, 4) is 11.5 Å². The molecule has 8 nitrogen and oxygen atoms in total. The molecule has 0 aliphatic rings. The number of rotatable bonds is 9. The molecule has 174 valence electrons. The average Bonchev–Trinajstić information content (AvgIpc) is 3.35. The van der Waals surface area contributed by atoms with Gasteiger partial charge in [0.15, 0.2) is 5.82 Å². The van der Waals surface area contributed by atoms with E-state index in [1.807, 2.05) is 73.0 Å². The molecule has 2 heterocycles. The molecule has 4 rings (SSSR count). The van der Waals surface area contributed by atoms with E-state index in [-0.39, 0.29) is 12.3 Å². The maximum absolute atomic E-state index is 12.7. The Hall–Kier alpha value is -4.11. The second kappa shape index (κ2) is 10.7. The monoisotopic (exact) mass is 475 g/mol. The molecule has 0 atom stereocenters. The number of nitrogens with one attached hydrogen (secondary N) is 3. The third-order valence-corrected chi connectivity index (χ3v) is 5.84. The second-order valence-electron chi connectivity index (χ2n) is 7.37. The van der Waals surface area contributed by atoms with Crippen molar-refractivity contribution in [2.45, 2.75) is 13.3 Å². The van der Waals surface area contributed by atoms with Crippen LogP contribution >= 0.6 is 11.3 Å². The highest BCUT2D eigenvalue weighted by molar-refractivity contribution is 7.10. The number of carbonyl (C=O) groups excluding carboxylic acids is 1. The molecule has 0 fully saturated rings. The maximum atomic E-state index is 12.7. The molecule has 0 spiro atoms. The first-order valence-corrected chi connectivity index (χ1v) is 11.4. The number of carbonyl (C=O) groups is 1. The summed E-state index contributed by atoms with van der Waals surface area (Å²) in [4.78, 5) is 22.9. The minimum atomic E-state index is -0.136. The van der Waals surface area contributed by atoms with Gasteiger partial charge in [0.05, 0.1) is 26.3 Å². The highest BCUT2D eigenvalue weighted by atomic mass is 32.1. The van der Waals surface area contributed by atoms with Crippen LogP contribution in [-0.2, 0) is 11.2 Å². The van der Waals surface area contributed by atoms with Crippen molar-refractivity contribution >= 4 is 46.1 Å². The number of ether oxygens (including phenoxy) is 2. The Kier molecular flexibility index (Phi) is 7.24. The topological polar surface area (TPSA) is 97.4 Å². The number of hydrogen-bond donors (Lipinski definition) is 3. The number of benzene rings is 2. The van der Waals surface area contributed by atoms with Crippen LogP contribution in [0.2, 0.25) is 0 Å². The van der Waals surface area contributed by atoms with Crippen LogP contribution < -0.4 is 25.4 Å². The summed E-state index contributed by atoms with van der Waals surface area (Å²) in [6.07, 6.45) is 0.283. The van der Waals surface area contributed by atoms with E-state index in [0.29, 0.717) is 23.1 Å². The average molecular weight is 476 g/mol. The molecule has 2 aromatic heterocycles. The van der Waals surface area contributed by atoms with Crippen LogP contribution in [-0.4, -0.2) is 30.1 Å². The zero-order valence-corrected chi connectivity index (χ0v) is 19.9. The van der Waals surface area contributed by atoms with Gasteiger partial charge in [0.1, 0.15) is 17.2 Å². The molecule has 0 bridgehead atoms. The zero-order valence-electron chi connectivity index (χ0n) is 19.1. The quantitative estimate of drug-likeness (QED) is 0.293. The standard InChI is InChI=1S/C25H25N5O3S/c1-16-23(29-22(31)15-21-5-4-14-34-21)24(27-17-6-10-19(32-2)11-7-17)30-25(26-16)28-18-8-12-20(33-3)13-9-18/h4-14H,15H2,1-3H3,(H,29,31)(H2,26,27,28,30). The number of thiophene rings is 1. The van der Waals surface area contributed by atoms with Crippen molar-refractivity contribution in [2.24, 2.45) is 0 Å². The summed E-state index contributed by atoms with van der Waals surface area (Å²) < 4.78 is 10.5. The van der Waals surface area contributed by atoms with E-state index < -0.39 is 0 Å². The maximum Gasteiger partial charge on any atom is 0.229 e. The number of anilines is 5. The van der Waals surface area contributed by atoms with Crippen LogP contribution in [0.25, 0.3) is 0 Å². The molecule has 0 radical (unpaired) electrons. The normalized spacial score (nSPS) is 10.4. The molecule has 1 amide bonds. The molecular formula is C25H25N5O3S. The number of hydrogen-bond acceptors (Lipinski definition) is 8. The third-order valence-electron chi connectivity index (χ3n) is 4.97. The van der Waals surface area contributed by atoms with E-state index in [4.69, 9.17) is 9.47 Å². The predicted molar refractivity (Wildman–Crippen MR) is 136 cm³/mol. The minimum absolute atomic E-state index is 0.136.